The number of hydrogen-bond acceptors (Lipinski definition) is 4. The lowest BCUT2D eigenvalue weighted by Crippen LogP contribution is -2.23. The second-order valence-corrected chi connectivity index (χ2v) is 4.91. The van der Waals surface area contributed by atoms with Crippen molar-refractivity contribution in [3.63, 3.8) is 0 Å². The van der Waals surface area contributed by atoms with Crippen molar-refractivity contribution in [3.05, 3.63) is 34.0 Å². The van der Waals surface area contributed by atoms with E-state index in [4.69, 9.17) is 5.73 Å². The summed E-state index contributed by atoms with van der Waals surface area (Å²) in [5, 5.41) is 2.43. The highest BCUT2D eigenvalue weighted by molar-refractivity contribution is 7.13. The Kier molecular flexibility index (Phi) is 2.10. The van der Waals surface area contributed by atoms with Crippen molar-refractivity contribution >= 4 is 16.5 Å². The van der Waals surface area contributed by atoms with Gasteiger partial charge in [0.05, 0.1) is 12.2 Å². The van der Waals surface area contributed by atoms with Gasteiger partial charge in [-0.05, 0) is 12.8 Å². The van der Waals surface area contributed by atoms with Crippen molar-refractivity contribution < 1.29 is 0 Å². The molecule has 2 aromatic heterocycles. The second-order valence-electron chi connectivity index (χ2n) is 4.02. The first-order valence-corrected chi connectivity index (χ1v) is 6.09. The lowest BCUT2D eigenvalue weighted by molar-refractivity contribution is 0.652. The molecule has 5 nitrogen and oxygen atoms in total. The Labute approximate surface area is 96.2 Å². The molecule has 0 aliphatic heterocycles. The van der Waals surface area contributed by atoms with E-state index in [2.05, 4.69) is 4.98 Å². The zero-order valence-electron chi connectivity index (χ0n) is 8.67. The van der Waals surface area contributed by atoms with Gasteiger partial charge in [0.25, 0.3) is 0 Å². The number of nitrogen functional groups attached to an aromatic ring is 1. The molecule has 0 aromatic carbocycles. The minimum atomic E-state index is 0.0501. The van der Waals surface area contributed by atoms with Gasteiger partial charge >= 0.3 is 5.69 Å². The molecule has 1 aliphatic carbocycles. The molecule has 84 valence electrons. The quantitative estimate of drug-likeness (QED) is 0.867. The van der Waals surface area contributed by atoms with Crippen LogP contribution < -0.4 is 11.4 Å². The van der Waals surface area contributed by atoms with Crippen LogP contribution in [0, 0.1) is 0 Å². The van der Waals surface area contributed by atoms with Crippen LogP contribution >= 0.6 is 11.3 Å². The molecule has 0 bridgehead atoms. The van der Waals surface area contributed by atoms with Crippen LogP contribution in [0.4, 0.5) is 5.13 Å². The van der Waals surface area contributed by atoms with E-state index in [1.165, 1.54) is 11.3 Å². The van der Waals surface area contributed by atoms with Gasteiger partial charge in [0, 0.05) is 23.8 Å². The highest BCUT2D eigenvalue weighted by Gasteiger charge is 2.25. The summed E-state index contributed by atoms with van der Waals surface area (Å²) in [6.07, 6.45) is 5.91. The standard InChI is InChI=1S/C10H12N4OS/c11-9-12-7(6-16-9)5-13-3-4-14(10(13)15)8-1-2-8/h3-4,6,8H,1-2,5H2,(H2,11,12). The fraction of sp³-hybridized carbons (Fsp3) is 0.400. The zero-order valence-corrected chi connectivity index (χ0v) is 9.48. The number of aromatic nitrogens is 3. The van der Waals surface area contributed by atoms with E-state index in [-0.39, 0.29) is 5.69 Å². The topological polar surface area (TPSA) is 65.8 Å². The van der Waals surface area contributed by atoms with E-state index in [9.17, 15) is 4.79 Å². The minimum Gasteiger partial charge on any atom is -0.375 e. The van der Waals surface area contributed by atoms with E-state index >= 15 is 0 Å². The van der Waals surface area contributed by atoms with E-state index < -0.39 is 0 Å². The Hall–Kier alpha value is -1.56. The van der Waals surface area contributed by atoms with Gasteiger partial charge in [-0.1, -0.05) is 0 Å². The van der Waals surface area contributed by atoms with Gasteiger partial charge in [-0.2, -0.15) is 0 Å². The lowest BCUT2D eigenvalue weighted by atomic mass is 10.5. The Bertz CT molecular complexity index is 563. The summed E-state index contributed by atoms with van der Waals surface area (Å²) in [5.41, 5.74) is 6.44. The lowest BCUT2D eigenvalue weighted by Gasteiger charge is -1.98. The van der Waals surface area contributed by atoms with Crippen molar-refractivity contribution in [2.45, 2.75) is 25.4 Å². The molecular weight excluding hydrogens is 224 g/mol. The normalized spacial score (nSPS) is 15.5. The van der Waals surface area contributed by atoms with Crippen LogP contribution in [0.5, 0.6) is 0 Å². The van der Waals surface area contributed by atoms with Gasteiger partial charge in [0.1, 0.15) is 0 Å². The fourth-order valence-electron chi connectivity index (χ4n) is 1.75. The summed E-state index contributed by atoms with van der Waals surface area (Å²) in [7, 11) is 0. The van der Waals surface area contributed by atoms with E-state index in [0.29, 0.717) is 17.7 Å². The molecule has 2 heterocycles. The summed E-state index contributed by atoms with van der Waals surface area (Å²) < 4.78 is 3.47. The molecule has 1 aliphatic rings. The van der Waals surface area contributed by atoms with Gasteiger partial charge < -0.3 is 5.73 Å². The first-order chi connectivity index (χ1) is 7.74. The molecule has 16 heavy (non-hydrogen) atoms. The number of nitrogens with zero attached hydrogens (tertiary/aromatic N) is 3. The monoisotopic (exact) mass is 236 g/mol. The molecule has 2 aromatic rings. The van der Waals surface area contributed by atoms with Crippen LogP contribution in [0.2, 0.25) is 0 Å². The van der Waals surface area contributed by atoms with Crippen LogP contribution in [0.1, 0.15) is 24.6 Å². The van der Waals surface area contributed by atoms with Crippen molar-refractivity contribution in [3.8, 4) is 0 Å². The van der Waals surface area contributed by atoms with Gasteiger partial charge in [-0.3, -0.25) is 9.13 Å². The third-order valence-corrected chi connectivity index (χ3v) is 3.44. The molecule has 0 spiro atoms. The van der Waals surface area contributed by atoms with E-state index in [0.717, 1.165) is 18.5 Å². The molecule has 2 N–H and O–H groups in total. The van der Waals surface area contributed by atoms with Gasteiger partial charge in [-0.25, -0.2) is 9.78 Å². The molecule has 0 atom stereocenters. The highest BCUT2D eigenvalue weighted by Crippen LogP contribution is 2.33. The molecule has 0 unspecified atom stereocenters. The molecule has 0 radical (unpaired) electrons. The van der Waals surface area contributed by atoms with Crippen LogP contribution in [0.25, 0.3) is 0 Å². The predicted molar refractivity (Wildman–Crippen MR) is 62.6 cm³/mol. The third kappa shape index (κ3) is 1.65. The van der Waals surface area contributed by atoms with Gasteiger partial charge in [0.2, 0.25) is 0 Å². The molecule has 1 fully saturated rings. The summed E-state index contributed by atoms with van der Waals surface area (Å²) >= 11 is 1.40. The maximum Gasteiger partial charge on any atom is 0.328 e. The Morgan fingerprint density at radius 2 is 2.31 bits per heavy atom. The Morgan fingerprint density at radius 3 is 2.94 bits per heavy atom. The first-order valence-electron chi connectivity index (χ1n) is 5.21. The number of anilines is 1. The average molecular weight is 236 g/mol. The maximum atomic E-state index is 11.9. The minimum absolute atomic E-state index is 0.0501. The molecule has 1 saturated carbocycles. The fourth-order valence-corrected chi connectivity index (χ4v) is 2.30. The largest absolute Gasteiger partial charge is 0.375 e. The maximum absolute atomic E-state index is 11.9. The van der Waals surface area contributed by atoms with E-state index in [1.807, 2.05) is 17.8 Å². The van der Waals surface area contributed by atoms with Gasteiger partial charge in [-0.15, -0.1) is 11.3 Å². The average Bonchev–Trinajstić information content (AvgIpc) is 2.93. The highest BCUT2D eigenvalue weighted by atomic mass is 32.1. The molecule has 3 rings (SSSR count). The van der Waals surface area contributed by atoms with Crippen molar-refractivity contribution in [2.24, 2.45) is 0 Å². The van der Waals surface area contributed by atoms with Crippen molar-refractivity contribution in [2.75, 3.05) is 5.73 Å². The van der Waals surface area contributed by atoms with Crippen molar-refractivity contribution in [1.82, 2.24) is 14.1 Å². The van der Waals surface area contributed by atoms with Crippen LogP contribution in [0.15, 0.2) is 22.6 Å². The molecule has 0 amide bonds. The molecule has 6 heteroatoms. The SMILES string of the molecule is Nc1nc(Cn2ccn(C3CC3)c2=O)cs1. The molecule has 0 saturated heterocycles. The predicted octanol–water partition coefficient (Wildman–Crippen LogP) is 1.07. The molecular formula is C10H12N4OS. The Morgan fingerprint density at radius 1 is 1.50 bits per heavy atom. The van der Waals surface area contributed by atoms with Gasteiger partial charge in [0.15, 0.2) is 5.13 Å². The second kappa shape index (κ2) is 3.48. The number of thiazole rings is 1. The zero-order chi connectivity index (χ0) is 11.1. The number of hydrogen-bond donors (Lipinski definition) is 1. The number of rotatable bonds is 3. The van der Waals surface area contributed by atoms with Crippen LogP contribution in [0.3, 0.4) is 0 Å². The third-order valence-electron chi connectivity index (χ3n) is 2.72. The Balaban J connectivity index is 1.87. The van der Waals surface area contributed by atoms with Crippen LogP contribution in [-0.2, 0) is 6.54 Å². The first kappa shape index (κ1) is 9.65. The smallest absolute Gasteiger partial charge is 0.328 e. The van der Waals surface area contributed by atoms with Crippen LogP contribution in [-0.4, -0.2) is 14.1 Å². The summed E-state index contributed by atoms with van der Waals surface area (Å²) in [6.45, 7) is 0.506. The van der Waals surface area contributed by atoms with Crippen molar-refractivity contribution in [1.29, 1.82) is 0 Å². The van der Waals surface area contributed by atoms with E-state index in [1.54, 1.807) is 9.13 Å². The number of nitrogens with two attached hydrogens (primary N) is 1. The number of imidazole rings is 1. The summed E-state index contributed by atoms with van der Waals surface area (Å²) in [6, 6.07) is 0.425. The summed E-state index contributed by atoms with van der Waals surface area (Å²) in [5.74, 6) is 0. The summed E-state index contributed by atoms with van der Waals surface area (Å²) in [4.78, 5) is 16.1.